The molecular formula is C18H31N3O4. The van der Waals surface area contributed by atoms with Gasteiger partial charge in [-0.15, -0.1) is 0 Å². The normalized spacial score (nSPS) is 22.0. The standard InChI is InChI=1S/C18H31N3O4/c1-12(2)11-25-18(24)19-15-5-7-20(8-6-15)17(23)14-9-16(22)21(10-14)13(3)4/h12-15H,5-11H2,1-4H3,(H,19,24). The first-order valence-corrected chi connectivity index (χ1v) is 9.29. The van der Waals surface area contributed by atoms with Gasteiger partial charge in [0.1, 0.15) is 0 Å². The second-order valence-electron chi connectivity index (χ2n) is 7.78. The Balaban J connectivity index is 1.75. The number of alkyl carbamates (subject to hydrolysis) is 1. The lowest BCUT2D eigenvalue weighted by atomic mass is 10.0. The van der Waals surface area contributed by atoms with E-state index < -0.39 is 0 Å². The molecular weight excluding hydrogens is 322 g/mol. The SMILES string of the molecule is CC(C)COC(=O)NC1CCN(C(=O)C2CC(=O)N(C(C)C)C2)CC1. The number of amides is 3. The molecule has 0 aromatic carbocycles. The van der Waals surface area contributed by atoms with Crippen molar-refractivity contribution in [1.82, 2.24) is 15.1 Å². The Morgan fingerprint density at radius 3 is 2.36 bits per heavy atom. The van der Waals surface area contributed by atoms with Gasteiger partial charge in [0.05, 0.1) is 12.5 Å². The van der Waals surface area contributed by atoms with Crippen LogP contribution in [0, 0.1) is 11.8 Å². The van der Waals surface area contributed by atoms with E-state index in [-0.39, 0.29) is 35.9 Å². The highest BCUT2D eigenvalue weighted by molar-refractivity contribution is 5.89. The Morgan fingerprint density at radius 1 is 1.20 bits per heavy atom. The minimum atomic E-state index is -0.382. The first-order valence-electron chi connectivity index (χ1n) is 9.29. The minimum Gasteiger partial charge on any atom is -0.449 e. The highest BCUT2D eigenvalue weighted by Gasteiger charge is 2.38. The lowest BCUT2D eigenvalue weighted by Crippen LogP contribution is -2.48. The molecule has 1 atom stereocenters. The third-order valence-corrected chi connectivity index (χ3v) is 4.81. The van der Waals surface area contributed by atoms with Gasteiger partial charge in [0.2, 0.25) is 11.8 Å². The predicted octanol–water partition coefficient (Wildman–Crippen LogP) is 1.62. The molecule has 1 N–H and O–H groups in total. The van der Waals surface area contributed by atoms with Crippen LogP contribution in [0.1, 0.15) is 47.0 Å². The second kappa shape index (κ2) is 8.54. The van der Waals surface area contributed by atoms with Crippen molar-refractivity contribution in [3.63, 3.8) is 0 Å². The molecule has 0 bridgehead atoms. The Labute approximate surface area is 150 Å². The lowest BCUT2D eigenvalue weighted by Gasteiger charge is -2.33. The first kappa shape index (κ1) is 19.5. The van der Waals surface area contributed by atoms with Crippen LogP contribution in [0.3, 0.4) is 0 Å². The van der Waals surface area contributed by atoms with E-state index in [4.69, 9.17) is 4.74 Å². The van der Waals surface area contributed by atoms with Crippen molar-refractivity contribution < 1.29 is 19.1 Å². The van der Waals surface area contributed by atoms with Gasteiger partial charge >= 0.3 is 6.09 Å². The second-order valence-corrected chi connectivity index (χ2v) is 7.78. The van der Waals surface area contributed by atoms with Gasteiger partial charge in [-0.25, -0.2) is 4.79 Å². The van der Waals surface area contributed by atoms with E-state index in [9.17, 15) is 14.4 Å². The molecule has 2 fully saturated rings. The van der Waals surface area contributed by atoms with E-state index in [1.807, 2.05) is 32.6 Å². The number of hydrogen-bond donors (Lipinski definition) is 1. The van der Waals surface area contributed by atoms with Gasteiger partial charge in [0, 0.05) is 38.1 Å². The summed E-state index contributed by atoms with van der Waals surface area (Å²) in [7, 11) is 0. The summed E-state index contributed by atoms with van der Waals surface area (Å²) < 4.78 is 5.13. The summed E-state index contributed by atoms with van der Waals surface area (Å²) in [5, 5.41) is 2.87. The molecule has 0 aromatic heterocycles. The Kier molecular flexibility index (Phi) is 6.67. The van der Waals surface area contributed by atoms with Gasteiger partial charge in [-0.3, -0.25) is 9.59 Å². The number of piperidine rings is 1. The van der Waals surface area contributed by atoms with Gasteiger partial charge in [-0.2, -0.15) is 0 Å². The molecule has 0 aromatic rings. The maximum atomic E-state index is 12.7. The Hall–Kier alpha value is -1.79. The predicted molar refractivity (Wildman–Crippen MR) is 93.9 cm³/mol. The fourth-order valence-corrected chi connectivity index (χ4v) is 3.35. The quantitative estimate of drug-likeness (QED) is 0.814. The van der Waals surface area contributed by atoms with Crippen molar-refractivity contribution in [3.05, 3.63) is 0 Å². The summed E-state index contributed by atoms with van der Waals surface area (Å²) in [6.45, 7) is 10.1. The molecule has 25 heavy (non-hydrogen) atoms. The van der Waals surface area contributed by atoms with E-state index in [0.717, 1.165) is 12.8 Å². The zero-order valence-corrected chi connectivity index (χ0v) is 15.8. The number of nitrogens with one attached hydrogen (secondary N) is 1. The van der Waals surface area contributed by atoms with Crippen molar-refractivity contribution in [2.45, 2.75) is 59.0 Å². The van der Waals surface area contributed by atoms with Crippen molar-refractivity contribution >= 4 is 17.9 Å². The van der Waals surface area contributed by atoms with Crippen LogP contribution in [0.4, 0.5) is 4.79 Å². The molecule has 0 saturated carbocycles. The molecule has 0 spiro atoms. The lowest BCUT2D eigenvalue weighted by molar-refractivity contribution is -0.136. The summed E-state index contributed by atoms with van der Waals surface area (Å²) in [6, 6.07) is 0.179. The van der Waals surface area contributed by atoms with Crippen molar-refractivity contribution in [2.75, 3.05) is 26.2 Å². The fourth-order valence-electron chi connectivity index (χ4n) is 3.35. The molecule has 142 valence electrons. The molecule has 0 aliphatic carbocycles. The van der Waals surface area contributed by atoms with Crippen LogP contribution in [-0.4, -0.2) is 66.0 Å². The van der Waals surface area contributed by atoms with Gasteiger partial charge in [-0.1, -0.05) is 13.8 Å². The summed E-state index contributed by atoms with van der Waals surface area (Å²) in [6.07, 6.45) is 1.37. The van der Waals surface area contributed by atoms with Crippen molar-refractivity contribution in [3.8, 4) is 0 Å². The van der Waals surface area contributed by atoms with Crippen molar-refractivity contribution in [1.29, 1.82) is 0 Å². The van der Waals surface area contributed by atoms with Crippen LogP contribution in [0.25, 0.3) is 0 Å². The molecule has 0 radical (unpaired) electrons. The minimum absolute atomic E-state index is 0.0427. The summed E-state index contributed by atoms with van der Waals surface area (Å²) in [5.74, 6) is 0.218. The molecule has 2 rings (SSSR count). The maximum Gasteiger partial charge on any atom is 0.407 e. The smallest absolute Gasteiger partial charge is 0.407 e. The fraction of sp³-hybridized carbons (Fsp3) is 0.833. The molecule has 1 unspecified atom stereocenters. The van der Waals surface area contributed by atoms with E-state index in [2.05, 4.69) is 5.32 Å². The number of rotatable bonds is 5. The number of carbonyl (C=O) groups excluding carboxylic acids is 3. The number of hydrogen-bond acceptors (Lipinski definition) is 4. The van der Waals surface area contributed by atoms with Gasteiger partial charge in [0.25, 0.3) is 0 Å². The first-order chi connectivity index (χ1) is 11.8. The largest absolute Gasteiger partial charge is 0.449 e. The molecule has 7 nitrogen and oxygen atoms in total. The van der Waals surface area contributed by atoms with Crippen LogP contribution in [0.15, 0.2) is 0 Å². The van der Waals surface area contributed by atoms with E-state index >= 15 is 0 Å². The van der Waals surface area contributed by atoms with Crippen LogP contribution in [0.5, 0.6) is 0 Å². The molecule has 7 heteroatoms. The highest BCUT2D eigenvalue weighted by atomic mass is 16.5. The molecule has 3 amide bonds. The van der Waals surface area contributed by atoms with Crippen LogP contribution in [0.2, 0.25) is 0 Å². The Bertz CT molecular complexity index is 499. The summed E-state index contributed by atoms with van der Waals surface area (Å²) in [4.78, 5) is 40.0. The number of likely N-dealkylation sites (tertiary alicyclic amines) is 2. The maximum absolute atomic E-state index is 12.7. The van der Waals surface area contributed by atoms with Gasteiger partial charge < -0.3 is 19.9 Å². The van der Waals surface area contributed by atoms with E-state index in [1.54, 1.807) is 4.90 Å². The molecule has 2 aliphatic heterocycles. The van der Waals surface area contributed by atoms with E-state index in [1.165, 1.54) is 0 Å². The number of carbonyl (C=O) groups is 3. The molecule has 2 heterocycles. The number of nitrogens with zero attached hydrogens (tertiary/aromatic N) is 2. The van der Waals surface area contributed by atoms with Crippen LogP contribution >= 0.6 is 0 Å². The van der Waals surface area contributed by atoms with Gasteiger partial charge in [0.15, 0.2) is 0 Å². The van der Waals surface area contributed by atoms with Crippen molar-refractivity contribution in [2.24, 2.45) is 11.8 Å². The summed E-state index contributed by atoms with van der Waals surface area (Å²) in [5.41, 5.74) is 0. The molecule has 2 aliphatic rings. The monoisotopic (exact) mass is 353 g/mol. The van der Waals surface area contributed by atoms with E-state index in [0.29, 0.717) is 38.6 Å². The zero-order valence-electron chi connectivity index (χ0n) is 15.8. The number of ether oxygens (including phenoxy) is 1. The highest BCUT2D eigenvalue weighted by Crippen LogP contribution is 2.23. The average molecular weight is 353 g/mol. The van der Waals surface area contributed by atoms with Crippen LogP contribution in [-0.2, 0) is 14.3 Å². The Morgan fingerprint density at radius 2 is 1.84 bits per heavy atom. The topological polar surface area (TPSA) is 79.0 Å². The molecule has 2 saturated heterocycles. The third kappa shape index (κ3) is 5.34. The average Bonchev–Trinajstić information content (AvgIpc) is 2.95. The van der Waals surface area contributed by atoms with Gasteiger partial charge in [-0.05, 0) is 32.6 Å². The van der Waals surface area contributed by atoms with Crippen LogP contribution < -0.4 is 5.32 Å². The zero-order chi connectivity index (χ0) is 18.6. The third-order valence-electron chi connectivity index (χ3n) is 4.81. The summed E-state index contributed by atoms with van der Waals surface area (Å²) >= 11 is 0.